The lowest BCUT2D eigenvalue weighted by Gasteiger charge is -2.22. The van der Waals surface area contributed by atoms with Crippen LogP contribution in [-0.2, 0) is 22.6 Å². The Balaban J connectivity index is 1.72. The molecule has 1 atom stereocenters. The lowest BCUT2D eigenvalue weighted by atomic mass is 10.1. The van der Waals surface area contributed by atoms with Crippen LogP contribution in [0.4, 0.5) is 0 Å². The summed E-state index contributed by atoms with van der Waals surface area (Å²) in [6, 6.07) is 0. The quantitative estimate of drug-likeness (QED) is 0.727. The normalized spacial score (nSPS) is 19.7. The molecule has 0 saturated carbocycles. The molecule has 2 heterocycles. The Kier molecular flexibility index (Phi) is 6.33. The summed E-state index contributed by atoms with van der Waals surface area (Å²) in [5.41, 5.74) is 1.23. The van der Waals surface area contributed by atoms with E-state index in [4.69, 9.17) is 9.47 Å². The lowest BCUT2D eigenvalue weighted by molar-refractivity contribution is 0.00869. The molecule has 0 radical (unpaired) electrons. The van der Waals surface area contributed by atoms with E-state index >= 15 is 0 Å². The zero-order valence-electron chi connectivity index (χ0n) is 11.8. The highest BCUT2D eigenvalue weighted by Crippen LogP contribution is 2.16. The van der Waals surface area contributed by atoms with Gasteiger partial charge < -0.3 is 19.4 Å². The first kappa shape index (κ1) is 14.5. The van der Waals surface area contributed by atoms with Crippen LogP contribution in [0.2, 0.25) is 0 Å². The fourth-order valence-corrected chi connectivity index (χ4v) is 2.41. The molecule has 1 fully saturated rings. The van der Waals surface area contributed by atoms with Crippen LogP contribution in [0.3, 0.4) is 0 Å². The lowest BCUT2D eigenvalue weighted by Crippen LogP contribution is -2.23. The number of nitrogens with zero attached hydrogens (tertiary/aromatic N) is 2. The van der Waals surface area contributed by atoms with Gasteiger partial charge in [-0.25, -0.2) is 4.98 Å². The first-order valence-corrected chi connectivity index (χ1v) is 7.20. The van der Waals surface area contributed by atoms with Gasteiger partial charge in [0.05, 0.1) is 24.7 Å². The average Bonchev–Trinajstić information content (AvgIpc) is 2.90. The van der Waals surface area contributed by atoms with Crippen molar-refractivity contribution in [3.05, 3.63) is 18.2 Å². The van der Waals surface area contributed by atoms with Crippen molar-refractivity contribution < 1.29 is 9.47 Å². The molecular weight excluding hydrogens is 242 g/mol. The number of hydrogen-bond donors (Lipinski definition) is 1. The summed E-state index contributed by atoms with van der Waals surface area (Å²) in [5.74, 6) is 0. The molecule has 1 aliphatic rings. The summed E-state index contributed by atoms with van der Waals surface area (Å²) in [7, 11) is 1.72. The molecule has 0 amide bonds. The topological polar surface area (TPSA) is 48.3 Å². The van der Waals surface area contributed by atoms with Crippen LogP contribution in [0.15, 0.2) is 12.5 Å². The Morgan fingerprint density at radius 1 is 1.53 bits per heavy atom. The summed E-state index contributed by atoms with van der Waals surface area (Å²) in [5, 5.41) is 3.35. The second-order valence-corrected chi connectivity index (χ2v) is 5.03. The molecule has 1 saturated heterocycles. The number of ether oxygens (including phenoxy) is 2. The van der Waals surface area contributed by atoms with Crippen molar-refractivity contribution in [2.45, 2.75) is 44.9 Å². The molecule has 1 aliphatic heterocycles. The van der Waals surface area contributed by atoms with E-state index in [1.54, 1.807) is 7.11 Å². The van der Waals surface area contributed by atoms with Gasteiger partial charge in [0.15, 0.2) is 0 Å². The van der Waals surface area contributed by atoms with E-state index in [2.05, 4.69) is 14.9 Å². The fourth-order valence-electron chi connectivity index (χ4n) is 2.41. The first-order valence-electron chi connectivity index (χ1n) is 7.20. The number of hydrogen-bond acceptors (Lipinski definition) is 4. The molecule has 19 heavy (non-hydrogen) atoms. The minimum atomic E-state index is 0.436. The van der Waals surface area contributed by atoms with Gasteiger partial charge >= 0.3 is 0 Å². The van der Waals surface area contributed by atoms with Crippen molar-refractivity contribution in [2.75, 3.05) is 26.9 Å². The van der Waals surface area contributed by atoms with Gasteiger partial charge in [-0.1, -0.05) is 0 Å². The molecule has 1 N–H and O–H groups in total. The Bertz CT molecular complexity index is 348. The number of aromatic nitrogens is 2. The molecule has 1 unspecified atom stereocenters. The Morgan fingerprint density at radius 3 is 3.26 bits per heavy atom. The predicted octanol–water partition coefficient (Wildman–Crippen LogP) is 1.58. The second-order valence-electron chi connectivity index (χ2n) is 5.03. The van der Waals surface area contributed by atoms with E-state index in [0.29, 0.717) is 6.10 Å². The van der Waals surface area contributed by atoms with E-state index in [1.165, 1.54) is 25.0 Å². The minimum Gasteiger partial charge on any atom is -0.383 e. The Hall–Kier alpha value is -0.910. The van der Waals surface area contributed by atoms with Crippen molar-refractivity contribution >= 4 is 0 Å². The van der Waals surface area contributed by atoms with E-state index in [1.807, 2.05) is 12.5 Å². The van der Waals surface area contributed by atoms with Gasteiger partial charge in [-0.3, -0.25) is 0 Å². The Morgan fingerprint density at radius 2 is 2.47 bits per heavy atom. The Labute approximate surface area is 115 Å². The third kappa shape index (κ3) is 4.93. The summed E-state index contributed by atoms with van der Waals surface area (Å²) >= 11 is 0. The molecule has 1 aromatic heterocycles. The highest BCUT2D eigenvalue weighted by molar-refractivity contribution is 4.97. The SMILES string of the molecule is COCCNCc1cncn1CCC1CCCCO1. The van der Waals surface area contributed by atoms with Crippen LogP contribution >= 0.6 is 0 Å². The number of nitrogens with one attached hydrogen (secondary N) is 1. The van der Waals surface area contributed by atoms with Gasteiger partial charge in [0.25, 0.3) is 0 Å². The van der Waals surface area contributed by atoms with Crippen molar-refractivity contribution in [1.29, 1.82) is 0 Å². The number of rotatable bonds is 8. The summed E-state index contributed by atoms with van der Waals surface area (Å²) in [6.07, 6.45) is 9.09. The molecule has 0 spiro atoms. The highest BCUT2D eigenvalue weighted by Gasteiger charge is 2.14. The molecule has 0 aromatic carbocycles. The van der Waals surface area contributed by atoms with Crippen molar-refractivity contribution in [2.24, 2.45) is 0 Å². The maximum Gasteiger partial charge on any atom is 0.0948 e. The van der Waals surface area contributed by atoms with Gasteiger partial charge in [-0.05, 0) is 25.7 Å². The molecule has 0 aliphatic carbocycles. The minimum absolute atomic E-state index is 0.436. The van der Waals surface area contributed by atoms with Gasteiger partial charge in [0.2, 0.25) is 0 Å². The third-order valence-electron chi connectivity index (χ3n) is 3.55. The molecule has 5 heteroatoms. The van der Waals surface area contributed by atoms with E-state index in [9.17, 15) is 0 Å². The number of methoxy groups -OCH3 is 1. The molecule has 2 rings (SSSR count). The summed E-state index contributed by atoms with van der Waals surface area (Å²) in [4.78, 5) is 4.24. The van der Waals surface area contributed by atoms with Gasteiger partial charge in [-0.2, -0.15) is 0 Å². The van der Waals surface area contributed by atoms with Crippen LogP contribution in [0.1, 0.15) is 31.4 Å². The van der Waals surface area contributed by atoms with E-state index in [-0.39, 0.29) is 0 Å². The van der Waals surface area contributed by atoms with Crippen molar-refractivity contribution in [1.82, 2.24) is 14.9 Å². The fraction of sp³-hybridized carbons (Fsp3) is 0.786. The predicted molar refractivity (Wildman–Crippen MR) is 74.0 cm³/mol. The average molecular weight is 267 g/mol. The maximum atomic E-state index is 5.76. The van der Waals surface area contributed by atoms with E-state index in [0.717, 1.165) is 39.3 Å². The first-order chi connectivity index (χ1) is 9.40. The van der Waals surface area contributed by atoms with E-state index < -0.39 is 0 Å². The van der Waals surface area contributed by atoms with Gasteiger partial charge in [-0.15, -0.1) is 0 Å². The monoisotopic (exact) mass is 267 g/mol. The summed E-state index contributed by atoms with van der Waals surface area (Å²) in [6.45, 7) is 4.37. The van der Waals surface area contributed by atoms with Gasteiger partial charge in [0.1, 0.15) is 0 Å². The smallest absolute Gasteiger partial charge is 0.0948 e. The van der Waals surface area contributed by atoms with Crippen LogP contribution in [-0.4, -0.2) is 42.5 Å². The van der Waals surface area contributed by atoms with Crippen molar-refractivity contribution in [3.63, 3.8) is 0 Å². The zero-order valence-corrected chi connectivity index (χ0v) is 11.8. The van der Waals surface area contributed by atoms with Crippen molar-refractivity contribution in [3.8, 4) is 0 Å². The zero-order chi connectivity index (χ0) is 13.3. The summed E-state index contributed by atoms with van der Waals surface area (Å²) < 4.78 is 13.0. The molecule has 5 nitrogen and oxygen atoms in total. The number of imidazole rings is 1. The number of aryl methyl sites for hydroxylation is 1. The molecule has 1 aromatic rings. The van der Waals surface area contributed by atoms with Crippen LogP contribution in [0, 0.1) is 0 Å². The van der Waals surface area contributed by atoms with Crippen LogP contribution in [0.5, 0.6) is 0 Å². The van der Waals surface area contributed by atoms with Gasteiger partial charge in [0, 0.05) is 39.5 Å². The third-order valence-corrected chi connectivity index (χ3v) is 3.55. The van der Waals surface area contributed by atoms with Crippen LogP contribution < -0.4 is 5.32 Å². The molecule has 108 valence electrons. The second kappa shape index (κ2) is 8.30. The standard InChI is InChI=1S/C14H25N3O2/c1-18-9-6-15-10-13-11-16-12-17(13)7-5-14-4-2-3-8-19-14/h11-12,14-15H,2-10H2,1H3. The molecular formula is C14H25N3O2. The highest BCUT2D eigenvalue weighted by atomic mass is 16.5. The maximum absolute atomic E-state index is 5.76. The van der Waals surface area contributed by atoms with Crippen LogP contribution in [0.25, 0.3) is 0 Å². The largest absolute Gasteiger partial charge is 0.383 e. The molecule has 0 bridgehead atoms.